The number of aliphatic hydroxyl groups is 2. The molecule has 0 unspecified atom stereocenters. The second-order valence-electron chi connectivity index (χ2n) is 7.31. The van der Waals surface area contributed by atoms with Crippen LogP contribution in [0.4, 0.5) is 0 Å². The molecule has 5 nitrogen and oxygen atoms in total. The molecule has 1 aliphatic heterocycles. The van der Waals surface area contributed by atoms with Crippen LogP contribution in [0.25, 0.3) is 0 Å². The van der Waals surface area contributed by atoms with Crippen molar-refractivity contribution in [2.24, 2.45) is 0 Å². The molecule has 0 aromatic heterocycles. The fourth-order valence-corrected chi connectivity index (χ4v) is 3.46. The Morgan fingerprint density at radius 2 is 1.70 bits per heavy atom. The Kier molecular flexibility index (Phi) is 6.72. The minimum Gasteiger partial charge on any atom is -0.494 e. The van der Waals surface area contributed by atoms with Crippen LogP contribution in [0.15, 0.2) is 42.5 Å². The molecule has 27 heavy (non-hydrogen) atoms. The lowest BCUT2D eigenvalue weighted by molar-refractivity contribution is 0.0736. The van der Waals surface area contributed by atoms with Crippen molar-refractivity contribution in [3.63, 3.8) is 0 Å². The van der Waals surface area contributed by atoms with Gasteiger partial charge in [0.05, 0.1) is 6.61 Å². The first kappa shape index (κ1) is 19.7. The number of hydrogen-bond donors (Lipinski definition) is 2. The van der Waals surface area contributed by atoms with Gasteiger partial charge in [-0.2, -0.15) is 0 Å². The number of benzene rings is 2. The van der Waals surface area contributed by atoms with Crippen LogP contribution >= 0.6 is 0 Å². The number of hydrogen-bond acceptors (Lipinski definition) is 5. The predicted molar refractivity (Wildman–Crippen MR) is 105 cm³/mol. The zero-order valence-electron chi connectivity index (χ0n) is 16.1. The highest BCUT2D eigenvalue weighted by Gasteiger charge is 2.33. The van der Waals surface area contributed by atoms with E-state index in [9.17, 15) is 5.11 Å². The lowest BCUT2D eigenvalue weighted by Crippen LogP contribution is -2.30. The van der Waals surface area contributed by atoms with Gasteiger partial charge in [0.2, 0.25) is 0 Å². The van der Waals surface area contributed by atoms with E-state index in [0.29, 0.717) is 26.1 Å². The third-order valence-corrected chi connectivity index (χ3v) is 4.70. The molecule has 0 aliphatic carbocycles. The third kappa shape index (κ3) is 5.70. The molecule has 2 aromatic rings. The number of aryl methyl sites for hydroxylation is 2. The van der Waals surface area contributed by atoms with Crippen LogP contribution in [-0.2, 0) is 6.54 Å². The van der Waals surface area contributed by atoms with Crippen molar-refractivity contribution < 1.29 is 19.7 Å². The average Bonchev–Trinajstić information content (AvgIpc) is 2.95. The molecular formula is C22H29NO4. The van der Waals surface area contributed by atoms with Crippen LogP contribution in [0.5, 0.6) is 11.5 Å². The smallest absolute Gasteiger partial charge is 0.138 e. The minimum atomic E-state index is -0.494. The van der Waals surface area contributed by atoms with Crippen LogP contribution < -0.4 is 9.47 Å². The number of ether oxygens (including phenoxy) is 2. The molecule has 0 radical (unpaired) electrons. The van der Waals surface area contributed by atoms with Crippen LogP contribution in [0, 0.1) is 13.8 Å². The fourth-order valence-electron chi connectivity index (χ4n) is 3.46. The van der Waals surface area contributed by atoms with Gasteiger partial charge in [0, 0.05) is 32.7 Å². The monoisotopic (exact) mass is 371 g/mol. The quantitative estimate of drug-likeness (QED) is 0.699. The average molecular weight is 371 g/mol. The summed E-state index contributed by atoms with van der Waals surface area (Å²) in [6, 6.07) is 14.1. The van der Waals surface area contributed by atoms with Crippen LogP contribution in [-0.4, -0.2) is 53.6 Å². The Morgan fingerprint density at radius 1 is 1.00 bits per heavy atom. The number of β-amino-alcohol motifs (C(OH)–C–C–N with tert-alkyl or cyclic N) is 1. The second-order valence-corrected chi connectivity index (χ2v) is 7.31. The first-order chi connectivity index (χ1) is 13.0. The summed E-state index contributed by atoms with van der Waals surface area (Å²) < 4.78 is 11.6. The molecule has 0 saturated carbocycles. The van der Waals surface area contributed by atoms with E-state index in [1.165, 1.54) is 5.56 Å². The van der Waals surface area contributed by atoms with Crippen molar-refractivity contribution in [1.29, 1.82) is 0 Å². The van der Waals surface area contributed by atoms with Crippen LogP contribution in [0.1, 0.15) is 23.1 Å². The normalized spacial score (nSPS) is 20.0. The van der Waals surface area contributed by atoms with Gasteiger partial charge in [0.15, 0.2) is 0 Å². The van der Waals surface area contributed by atoms with Gasteiger partial charge < -0.3 is 19.7 Å². The highest BCUT2D eigenvalue weighted by Crippen LogP contribution is 2.23. The molecule has 2 atom stereocenters. The SMILES string of the molecule is Cc1cc(C)cc(O[C@H]2CN(Cc3ccc(OCCCO)cc3)C[C@@H]2O)c1. The Morgan fingerprint density at radius 3 is 2.37 bits per heavy atom. The van der Waals surface area contributed by atoms with Gasteiger partial charge in [-0.25, -0.2) is 0 Å². The van der Waals surface area contributed by atoms with Gasteiger partial charge in [-0.05, 0) is 54.8 Å². The summed E-state index contributed by atoms with van der Waals surface area (Å²) in [7, 11) is 0. The molecular weight excluding hydrogens is 342 g/mol. The van der Waals surface area contributed by atoms with E-state index in [2.05, 4.69) is 24.8 Å². The Bertz CT molecular complexity index is 711. The Labute approximate surface area is 161 Å². The van der Waals surface area contributed by atoms with Gasteiger partial charge in [-0.3, -0.25) is 4.90 Å². The molecule has 0 amide bonds. The van der Waals surface area contributed by atoms with Gasteiger partial charge >= 0.3 is 0 Å². The van der Waals surface area contributed by atoms with Gasteiger partial charge in [0.25, 0.3) is 0 Å². The molecule has 1 fully saturated rings. The van der Waals surface area contributed by atoms with Crippen molar-refractivity contribution in [1.82, 2.24) is 4.90 Å². The first-order valence-corrected chi connectivity index (χ1v) is 9.51. The summed E-state index contributed by atoms with van der Waals surface area (Å²) in [6.07, 6.45) is -0.0749. The Balaban J connectivity index is 1.53. The summed E-state index contributed by atoms with van der Waals surface area (Å²) in [4.78, 5) is 2.21. The highest BCUT2D eigenvalue weighted by atomic mass is 16.5. The van der Waals surface area contributed by atoms with Crippen molar-refractivity contribution >= 4 is 0 Å². The molecule has 1 saturated heterocycles. The summed E-state index contributed by atoms with van der Waals surface area (Å²) in [5.74, 6) is 1.63. The molecule has 2 aromatic carbocycles. The molecule has 146 valence electrons. The minimum absolute atomic E-state index is 0.140. The Hall–Kier alpha value is -2.08. The topological polar surface area (TPSA) is 62.2 Å². The largest absolute Gasteiger partial charge is 0.494 e. The maximum absolute atomic E-state index is 10.4. The predicted octanol–water partition coefficient (Wildman–Crippen LogP) is 2.69. The summed E-state index contributed by atoms with van der Waals surface area (Å²) in [5, 5.41) is 19.2. The fraction of sp³-hybridized carbons (Fsp3) is 0.455. The number of nitrogens with zero attached hydrogens (tertiary/aromatic N) is 1. The number of aliphatic hydroxyl groups excluding tert-OH is 2. The number of rotatable bonds is 8. The van der Waals surface area contributed by atoms with E-state index in [1.807, 2.05) is 36.4 Å². The molecule has 5 heteroatoms. The first-order valence-electron chi connectivity index (χ1n) is 9.51. The van der Waals surface area contributed by atoms with Gasteiger partial charge in [0.1, 0.15) is 23.7 Å². The van der Waals surface area contributed by atoms with E-state index in [1.54, 1.807) is 0 Å². The van der Waals surface area contributed by atoms with Crippen molar-refractivity contribution in [3.05, 3.63) is 59.2 Å². The van der Waals surface area contributed by atoms with Crippen LogP contribution in [0.3, 0.4) is 0 Å². The van der Waals surface area contributed by atoms with Crippen molar-refractivity contribution in [3.8, 4) is 11.5 Å². The molecule has 1 heterocycles. The standard InChI is InChI=1S/C22H29NO4/c1-16-10-17(2)12-20(11-16)27-22-15-23(14-21(22)25)13-18-4-6-19(7-5-18)26-9-3-8-24/h4-7,10-12,21-22,24-25H,3,8-9,13-15H2,1-2H3/t21-,22-/m0/s1. The molecule has 0 spiro atoms. The third-order valence-electron chi connectivity index (χ3n) is 4.70. The molecule has 2 N–H and O–H groups in total. The lowest BCUT2D eigenvalue weighted by Gasteiger charge is -2.18. The van der Waals surface area contributed by atoms with E-state index >= 15 is 0 Å². The highest BCUT2D eigenvalue weighted by molar-refractivity contribution is 5.33. The summed E-state index contributed by atoms with van der Waals surface area (Å²) in [6.45, 7) is 6.82. The van der Waals surface area contributed by atoms with E-state index in [4.69, 9.17) is 14.6 Å². The zero-order valence-corrected chi connectivity index (χ0v) is 16.1. The molecule has 1 aliphatic rings. The van der Waals surface area contributed by atoms with E-state index in [0.717, 1.165) is 29.2 Å². The van der Waals surface area contributed by atoms with Crippen molar-refractivity contribution in [2.45, 2.75) is 39.0 Å². The number of likely N-dealkylation sites (tertiary alicyclic amines) is 1. The maximum atomic E-state index is 10.4. The van der Waals surface area contributed by atoms with Crippen molar-refractivity contribution in [2.75, 3.05) is 26.3 Å². The van der Waals surface area contributed by atoms with Gasteiger partial charge in [-0.1, -0.05) is 18.2 Å². The van der Waals surface area contributed by atoms with Gasteiger partial charge in [-0.15, -0.1) is 0 Å². The summed E-state index contributed by atoms with van der Waals surface area (Å²) >= 11 is 0. The lowest BCUT2D eigenvalue weighted by atomic mass is 10.1. The van der Waals surface area contributed by atoms with Crippen LogP contribution in [0.2, 0.25) is 0 Å². The van der Waals surface area contributed by atoms with E-state index < -0.39 is 6.10 Å². The zero-order chi connectivity index (χ0) is 19.2. The summed E-state index contributed by atoms with van der Waals surface area (Å²) in [5.41, 5.74) is 3.50. The molecule has 0 bridgehead atoms. The maximum Gasteiger partial charge on any atom is 0.138 e. The molecule has 3 rings (SSSR count). The van der Waals surface area contributed by atoms with E-state index in [-0.39, 0.29) is 12.7 Å². The second kappa shape index (κ2) is 9.22.